The van der Waals surface area contributed by atoms with Gasteiger partial charge in [-0.3, -0.25) is 0 Å². The van der Waals surface area contributed by atoms with E-state index in [1.165, 1.54) is 0 Å². The number of hydrogen-bond donors (Lipinski definition) is 0. The maximum atomic E-state index is 11.1. The average Bonchev–Trinajstić information content (AvgIpc) is 2.03. The molecule has 0 aromatic heterocycles. The minimum absolute atomic E-state index is 0.854. The van der Waals surface area contributed by atoms with Crippen molar-refractivity contribution in [3.63, 3.8) is 0 Å². The fourth-order valence-electron chi connectivity index (χ4n) is 0.359. The summed E-state index contributed by atoms with van der Waals surface area (Å²) in [5, 5.41) is 0. The van der Waals surface area contributed by atoms with Crippen molar-refractivity contribution in [2.24, 2.45) is 0 Å². The zero-order chi connectivity index (χ0) is 8.91. The molecule has 0 radical (unpaired) electrons. The van der Waals surface area contributed by atoms with Crippen LogP contribution in [0, 0.1) is 0 Å². The average molecular weight is 180 g/mol. The quantitative estimate of drug-likeness (QED) is 0.487. The van der Waals surface area contributed by atoms with Crippen LogP contribution >= 0.6 is 7.60 Å². The molecule has 0 N–H and O–H groups in total. The molecule has 11 heavy (non-hydrogen) atoms. The minimum atomic E-state index is -3.72. The van der Waals surface area contributed by atoms with E-state index in [-0.39, 0.29) is 0 Å². The second kappa shape index (κ2) is 4.28. The van der Waals surface area contributed by atoms with E-state index in [4.69, 9.17) is 0 Å². The summed E-state index contributed by atoms with van der Waals surface area (Å²) in [7, 11) is -1.54. The molecule has 0 bridgehead atoms. The first-order valence-corrected chi connectivity index (χ1v) is 4.18. The molecule has 0 saturated heterocycles. The molecule has 0 fully saturated rings. The SMILES string of the molecule is C=COC(=O)P(=O)(OC)OC. The fourth-order valence-corrected chi connectivity index (χ4v) is 1.01. The van der Waals surface area contributed by atoms with E-state index in [1.807, 2.05) is 0 Å². The highest BCUT2D eigenvalue weighted by Gasteiger charge is 2.33. The van der Waals surface area contributed by atoms with Gasteiger partial charge < -0.3 is 13.8 Å². The van der Waals surface area contributed by atoms with Crippen LogP contribution in [0.5, 0.6) is 0 Å². The second-order valence-electron chi connectivity index (χ2n) is 1.41. The van der Waals surface area contributed by atoms with Crippen molar-refractivity contribution in [2.45, 2.75) is 0 Å². The van der Waals surface area contributed by atoms with Crippen LogP contribution in [0.4, 0.5) is 4.79 Å². The Hall–Kier alpha value is -0.640. The van der Waals surface area contributed by atoms with Crippen molar-refractivity contribution in [1.82, 2.24) is 0 Å². The van der Waals surface area contributed by atoms with Gasteiger partial charge in [0.15, 0.2) is 0 Å². The van der Waals surface area contributed by atoms with Gasteiger partial charge >= 0.3 is 13.3 Å². The molecule has 0 spiro atoms. The van der Waals surface area contributed by atoms with Gasteiger partial charge in [-0.1, -0.05) is 6.58 Å². The summed E-state index contributed by atoms with van der Waals surface area (Å²) < 4.78 is 23.9. The summed E-state index contributed by atoms with van der Waals surface area (Å²) in [6.45, 7) is 3.11. The van der Waals surface area contributed by atoms with E-state index < -0.39 is 13.3 Å². The Labute approximate surface area is 64.5 Å². The Morgan fingerprint density at radius 3 is 2.18 bits per heavy atom. The van der Waals surface area contributed by atoms with Crippen molar-refractivity contribution in [2.75, 3.05) is 14.2 Å². The highest BCUT2D eigenvalue weighted by Crippen LogP contribution is 2.48. The van der Waals surface area contributed by atoms with Crippen LogP contribution < -0.4 is 0 Å². The molecule has 0 atom stereocenters. The molecule has 0 aliphatic carbocycles. The van der Waals surface area contributed by atoms with Crippen molar-refractivity contribution in [3.8, 4) is 0 Å². The molecule has 0 aromatic carbocycles. The minimum Gasteiger partial charge on any atom is -0.426 e. The molecule has 5 nitrogen and oxygen atoms in total. The van der Waals surface area contributed by atoms with E-state index in [1.54, 1.807) is 0 Å². The summed E-state index contributed by atoms with van der Waals surface area (Å²) in [5.41, 5.74) is -1.07. The van der Waals surface area contributed by atoms with Crippen LogP contribution in [0.15, 0.2) is 12.8 Å². The molecule has 0 aromatic rings. The van der Waals surface area contributed by atoms with Crippen molar-refractivity contribution in [3.05, 3.63) is 12.8 Å². The van der Waals surface area contributed by atoms with Gasteiger partial charge in [-0.05, 0) is 0 Å². The van der Waals surface area contributed by atoms with E-state index >= 15 is 0 Å². The Kier molecular flexibility index (Phi) is 4.03. The number of hydrogen-bond acceptors (Lipinski definition) is 5. The fraction of sp³-hybridized carbons (Fsp3) is 0.400. The third kappa shape index (κ3) is 2.46. The first kappa shape index (κ1) is 10.4. The van der Waals surface area contributed by atoms with Crippen LogP contribution in [-0.4, -0.2) is 19.9 Å². The van der Waals surface area contributed by atoms with Gasteiger partial charge in [-0.2, -0.15) is 0 Å². The second-order valence-corrected chi connectivity index (χ2v) is 3.50. The maximum Gasteiger partial charge on any atom is 0.438 e. The summed E-state index contributed by atoms with van der Waals surface area (Å²) in [6.07, 6.45) is 0.854. The Balaban J connectivity index is 4.37. The van der Waals surface area contributed by atoms with Crippen molar-refractivity contribution < 1.29 is 23.1 Å². The molecule has 6 heteroatoms. The molecule has 0 unspecified atom stereocenters. The van der Waals surface area contributed by atoms with E-state index in [9.17, 15) is 9.36 Å². The standard InChI is InChI=1S/C5H9O5P/c1-4-10-5(6)11(7,8-2)9-3/h4H,1H2,2-3H3. The predicted molar refractivity (Wildman–Crippen MR) is 38.3 cm³/mol. The molecule has 0 aliphatic heterocycles. The summed E-state index contributed by atoms with van der Waals surface area (Å²) >= 11 is 0. The smallest absolute Gasteiger partial charge is 0.426 e. The Bertz CT molecular complexity index is 191. The highest BCUT2D eigenvalue weighted by atomic mass is 31.2. The lowest BCUT2D eigenvalue weighted by molar-refractivity contribution is 0.191. The highest BCUT2D eigenvalue weighted by molar-refractivity contribution is 7.71. The van der Waals surface area contributed by atoms with E-state index in [2.05, 4.69) is 20.4 Å². The van der Waals surface area contributed by atoms with Gasteiger partial charge in [0, 0.05) is 14.2 Å². The van der Waals surface area contributed by atoms with Crippen molar-refractivity contribution >= 4 is 13.3 Å². The topological polar surface area (TPSA) is 61.8 Å². The summed E-state index contributed by atoms with van der Waals surface area (Å²) in [4.78, 5) is 10.7. The molecular formula is C5H9O5P. The Morgan fingerprint density at radius 2 is 1.91 bits per heavy atom. The van der Waals surface area contributed by atoms with Gasteiger partial charge in [0.1, 0.15) is 0 Å². The number of rotatable bonds is 4. The first-order chi connectivity index (χ1) is 5.10. The summed E-state index contributed by atoms with van der Waals surface area (Å²) in [6, 6.07) is 0. The van der Waals surface area contributed by atoms with Crippen molar-refractivity contribution in [1.29, 1.82) is 0 Å². The van der Waals surface area contributed by atoms with Gasteiger partial charge in [0.05, 0.1) is 6.26 Å². The monoisotopic (exact) mass is 180 g/mol. The molecular weight excluding hydrogens is 171 g/mol. The third-order valence-electron chi connectivity index (χ3n) is 0.888. The number of carbonyl (C=O) groups is 1. The summed E-state index contributed by atoms with van der Waals surface area (Å²) in [5.74, 6) is 0. The number of ether oxygens (including phenoxy) is 1. The molecule has 0 rings (SSSR count). The van der Waals surface area contributed by atoms with Gasteiger partial charge in [0.2, 0.25) is 0 Å². The van der Waals surface area contributed by atoms with Gasteiger partial charge in [0.25, 0.3) is 0 Å². The molecule has 64 valence electrons. The number of carbonyl (C=O) groups excluding carboxylic acids is 1. The predicted octanol–water partition coefficient (Wildman–Crippen LogP) is 1.75. The van der Waals surface area contributed by atoms with Gasteiger partial charge in [-0.25, -0.2) is 9.36 Å². The Morgan fingerprint density at radius 1 is 1.45 bits per heavy atom. The molecule has 0 saturated carbocycles. The molecule has 0 aliphatic rings. The van der Waals surface area contributed by atoms with Crippen LogP contribution in [0.2, 0.25) is 0 Å². The lowest BCUT2D eigenvalue weighted by Gasteiger charge is -2.09. The zero-order valence-corrected chi connectivity index (χ0v) is 7.17. The lowest BCUT2D eigenvalue weighted by Crippen LogP contribution is -2.02. The zero-order valence-electron chi connectivity index (χ0n) is 6.27. The van der Waals surface area contributed by atoms with Gasteiger partial charge in [-0.15, -0.1) is 0 Å². The van der Waals surface area contributed by atoms with Crippen LogP contribution in [0.1, 0.15) is 0 Å². The normalized spacial score (nSPS) is 10.7. The van der Waals surface area contributed by atoms with E-state index in [0.29, 0.717) is 0 Å². The molecule has 0 heterocycles. The third-order valence-corrected chi connectivity index (χ3v) is 2.40. The van der Waals surface area contributed by atoms with Crippen LogP contribution in [0.25, 0.3) is 0 Å². The first-order valence-electron chi connectivity index (χ1n) is 2.64. The maximum absolute atomic E-state index is 11.1. The largest absolute Gasteiger partial charge is 0.438 e. The molecule has 0 amide bonds. The lowest BCUT2D eigenvalue weighted by atomic mass is 11.1. The van der Waals surface area contributed by atoms with E-state index in [0.717, 1.165) is 20.5 Å². The van der Waals surface area contributed by atoms with Crippen LogP contribution in [-0.2, 0) is 18.3 Å². The van der Waals surface area contributed by atoms with Crippen LogP contribution in [0.3, 0.4) is 0 Å².